The van der Waals surface area contributed by atoms with Crippen molar-refractivity contribution in [3.63, 3.8) is 0 Å². The first kappa shape index (κ1) is 13.5. The van der Waals surface area contributed by atoms with E-state index in [9.17, 15) is 19.8 Å². The summed E-state index contributed by atoms with van der Waals surface area (Å²) in [6, 6.07) is 5.47. The molecule has 1 aliphatic carbocycles. The minimum absolute atomic E-state index is 0.0157. The van der Waals surface area contributed by atoms with Gasteiger partial charge in [0, 0.05) is 5.56 Å². The minimum atomic E-state index is -1.85. The Morgan fingerprint density at radius 1 is 1.16 bits per heavy atom. The number of rotatable bonds is 3. The van der Waals surface area contributed by atoms with E-state index in [4.69, 9.17) is 5.11 Å². The van der Waals surface area contributed by atoms with E-state index in [2.05, 4.69) is 0 Å². The predicted molar refractivity (Wildman–Crippen MR) is 67.0 cm³/mol. The normalized spacial score (nSPS) is 26.9. The summed E-state index contributed by atoms with van der Waals surface area (Å²) in [4.78, 5) is 23.6. The van der Waals surface area contributed by atoms with Gasteiger partial charge >= 0.3 is 5.97 Å². The standard InChI is InChI=1S/C14H16O5/c15-10-6-4-9(5-7-10)12(16)14(19)8-2-1-3-11(14)13(17)18/h4-7,11,15,19H,1-3,8H2,(H,17,18). The molecule has 0 amide bonds. The average molecular weight is 264 g/mol. The fourth-order valence-corrected chi connectivity index (χ4v) is 2.62. The molecule has 0 aromatic heterocycles. The van der Waals surface area contributed by atoms with Crippen molar-refractivity contribution in [2.75, 3.05) is 0 Å². The van der Waals surface area contributed by atoms with Gasteiger partial charge < -0.3 is 15.3 Å². The van der Waals surface area contributed by atoms with Crippen molar-refractivity contribution in [2.45, 2.75) is 31.3 Å². The lowest BCUT2D eigenvalue weighted by Gasteiger charge is -2.36. The van der Waals surface area contributed by atoms with Gasteiger partial charge in [-0.3, -0.25) is 9.59 Å². The first-order valence-electron chi connectivity index (χ1n) is 6.24. The van der Waals surface area contributed by atoms with E-state index in [1.165, 1.54) is 24.3 Å². The maximum Gasteiger partial charge on any atom is 0.309 e. The van der Waals surface area contributed by atoms with E-state index >= 15 is 0 Å². The number of aromatic hydroxyl groups is 1. The third kappa shape index (κ3) is 2.46. The zero-order chi connectivity index (χ0) is 14.0. The summed E-state index contributed by atoms with van der Waals surface area (Å²) >= 11 is 0. The fraction of sp³-hybridized carbons (Fsp3) is 0.429. The van der Waals surface area contributed by atoms with Crippen molar-refractivity contribution in [1.82, 2.24) is 0 Å². The van der Waals surface area contributed by atoms with Crippen molar-refractivity contribution < 1.29 is 24.9 Å². The summed E-state index contributed by atoms with van der Waals surface area (Å²) in [6.45, 7) is 0. The number of hydrogen-bond acceptors (Lipinski definition) is 4. The van der Waals surface area contributed by atoms with Crippen LogP contribution in [0.5, 0.6) is 5.75 Å². The van der Waals surface area contributed by atoms with Crippen molar-refractivity contribution in [3.05, 3.63) is 29.8 Å². The van der Waals surface area contributed by atoms with Crippen LogP contribution in [0.4, 0.5) is 0 Å². The molecule has 0 radical (unpaired) electrons. The summed E-state index contributed by atoms with van der Waals surface area (Å²) in [5, 5.41) is 28.8. The average Bonchev–Trinajstić information content (AvgIpc) is 2.39. The molecule has 1 aliphatic rings. The highest BCUT2D eigenvalue weighted by Gasteiger charge is 2.49. The van der Waals surface area contributed by atoms with Crippen molar-refractivity contribution >= 4 is 11.8 Å². The number of carbonyl (C=O) groups excluding carboxylic acids is 1. The van der Waals surface area contributed by atoms with Crippen LogP contribution in [-0.4, -0.2) is 32.7 Å². The van der Waals surface area contributed by atoms with Crippen LogP contribution in [-0.2, 0) is 4.79 Å². The quantitative estimate of drug-likeness (QED) is 0.720. The lowest BCUT2D eigenvalue weighted by atomic mass is 9.71. The molecule has 0 aliphatic heterocycles. The highest BCUT2D eigenvalue weighted by molar-refractivity contribution is 6.04. The van der Waals surface area contributed by atoms with Gasteiger partial charge in [0.05, 0.1) is 5.92 Å². The number of Topliss-reactive ketones (excluding diaryl/α,β-unsaturated/α-hetero) is 1. The number of aliphatic carboxylic acids is 1. The van der Waals surface area contributed by atoms with E-state index in [0.29, 0.717) is 19.3 Å². The predicted octanol–water partition coefficient (Wildman–Crippen LogP) is 1.58. The molecule has 2 rings (SSSR count). The molecule has 19 heavy (non-hydrogen) atoms. The van der Waals surface area contributed by atoms with E-state index in [1.807, 2.05) is 0 Å². The number of phenolic OH excluding ortho intramolecular Hbond substituents is 1. The van der Waals surface area contributed by atoms with Gasteiger partial charge in [-0.05, 0) is 37.1 Å². The van der Waals surface area contributed by atoms with Crippen LogP contribution in [0.1, 0.15) is 36.0 Å². The molecule has 1 aromatic rings. The molecule has 0 saturated heterocycles. The maximum absolute atomic E-state index is 12.4. The Morgan fingerprint density at radius 2 is 1.79 bits per heavy atom. The van der Waals surface area contributed by atoms with Gasteiger partial charge in [-0.1, -0.05) is 12.8 Å². The van der Waals surface area contributed by atoms with Gasteiger partial charge in [-0.2, -0.15) is 0 Å². The Balaban J connectivity index is 2.33. The van der Waals surface area contributed by atoms with Crippen LogP contribution < -0.4 is 0 Å². The monoisotopic (exact) mass is 264 g/mol. The van der Waals surface area contributed by atoms with Crippen LogP contribution >= 0.6 is 0 Å². The van der Waals surface area contributed by atoms with E-state index < -0.39 is 23.3 Å². The second-order valence-corrected chi connectivity index (χ2v) is 4.94. The number of benzene rings is 1. The molecule has 0 heterocycles. The van der Waals surface area contributed by atoms with Gasteiger partial charge in [0.15, 0.2) is 5.78 Å². The number of hydrogen-bond donors (Lipinski definition) is 3. The smallest absolute Gasteiger partial charge is 0.309 e. The second kappa shape index (κ2) is 5.01. The molecule has 0 bridgehead atoms. The molecule has 3 N–H and O–H groups in total. The summed E-state index contributed by atoms with van der Waals surface area (Å²) in [5.41, 5.74) is -1.63. The Hall–Kier alpha value is -1.88. The van der Waals surface area contributed by atoms with Crippen molar-refractivity contribution in [3.8, 4) is 5.75 Å². The van der Waals surface area contributed by atoms with Crippen molar-refractivity contribution in [2.24, 2.45) is 5.92 Å². The van der Waals surface area contributed by atoms with Crippen LogP contribution in [0.15, 0.2) is 24.3 Å². The lowest BCUT2D eigenvalue weighted by molar-refractivity contribution is -0.151. The van der Waals surface area contributed by atoms with Crippen LogP contribution in [0.3, 0.4) is 0 Å². The van der Waals surface area contributed by atoms with Crippen LogP contribution in [0.2, 0.25) is 0 Å². The van der Waals surface area contributed by atoms with Gasteiger partial charge in [0.2, 0.25) is 0 Å². The molecule has 1 aromatic carbocycles. The number of aliphatic hydroxyl groups is 1. The molecular weight excluding hydrogens is 248 g/mol. The molecule has 1 saturated carbocycles. The third-order valence-corrected chi connectivity index (χ3v) is 3.70. The largest absolute Gasteiger partial charge is 0.508 e. The molecule has 0 spiro atoms. The molecular formula is C14H16O5. The number of ketones is 1. The molecule has 2 atom stereocenters. The van der Waals surface area contributed by atoms with E-state index in [1.54, 1.807) is 0 Å². The molecule has 102 valence electrons. The highest BCUT2D eigenvalue weighted by atomic mass is 16.4. The molecule has 1 fully saturated rings. The lowest BCUT2D eigenvalue weighted by Crippen LogP contribution is -2.51. The Morgan fingerprint density at radius 3 is 2.37 bits per heavy atom. The number of carboxylic acid groups (broad SMARTS) is 1. The third-order valence-electron chi connectivity index (χ3n) is 3.70. The highest BCUT2D eigenvalue weighted by Crippen LogP contribution is 2.36. The fourth-order valence-electron chi connectivity index (χ4n) is 2.62. The zero-order valence-corrected chi connectivity index (χ0v) is 10.4. The summed E-state index contributed by atoms with van der Waals surface area (Å²) in [6.07, 6.45) is 1.78. The van der Waals surface area contributed by atoms with E-state index in [-0.39, 0.29) is 17.7 Å². The summed E-state index contributed by atoms with van der Waals surface area (Å²) in [5.74, 6) is -2.78. The summed E-state index contributed by atoms with van der Waals surface area (Å²) < 4.78 is 0. The Labute approximate surface area is 110 Å². The van der Waals surface area contributed by atoms with Crippen LogP contribution in [0, 0.1) is 5.92 Å². The SMILES string of the molecule is O=C(O)C1CCCCC1(O)C(=O)c1ccc(O)cc1. The number of phenols is 1. The van der Waals surface area contributed by atoms with Gasteiger partial charge in [-0.25, -0.2) is 0 Å². The van der Waals surface area contributed by atoms with Crippen LogP contribution in [0.25, 0.3) is 0 Å². The van der Waals surface area contributed by atoms with Gasteiger partial charge in [0.1, 0.15) is 11.4 Å². The zero-order valence-electron chi connectivity index (χ0n) is 10.4. The minimum Gasteiger partial charge on any atom is -0.508 e. The number of carboxylic acids is 1. The maximum atomic E-state index is 12.4. The van der Waals surface area contributed by atoms with E-state index in [0.717, 1.165) is 0 Å². The summed E-state index contributed by atoms with van der Waals surface area (Å²) in [7, 11) is 0. The first-order chi connectivity index (χ1) is 8.95. The number of carbonyl (C=O) groups is 2. The second-order valence-electron chi connectivity index (χ2n) is 4.94. The first-order valence-corrected chi connectivity index (χ1v) is 6.24. The topological polar surface area (TPSA) is 94.8 Å². The Bertz CT molecular complexity index is 493. The van der Waals surface area contributed by atoms with Gasteiger partial charge in [-0.15, -0.1) is 0 Å². The van der Waals surface area contributed by atoms with Crippen molar-refractivity contribution in [1.29, 1.82) is 0 Å². The molecule has 5 nitrogen and oxygen atoms in total. The molecule has 2 unspecified atom stereocenters. The molecule has 5 heteroatoms. The van der Waals surface area contributed by atoms with Gasteiger partial charge in [0.25, 0.3) is 0 Å². The Kier molecular flexibility index (Phi) is 3.57.